The molecule has 1 aromatic carbocycles. The molecule has 1 aliphatic rings. The number of nitrogens with two attached hydrogens (primary N) is 1. The summed E-state index contributed by atoms with van der Waals surface area (Å²) in [6.45, 7) is 5.90. The number of nitrogen functional groups attached to an aromatic ring is 1. The highest BCUT2D eigenvalue weighted by molar-refractivity contribution is 6.01. The molecule has 0 radical (unpaired) electrons. The molecule has 4 heterocycles. The van der Waals surface area contributed by atoms with E-state index in [2.05, 4.69) is 33.6 Å². The maximum atomic E-state index is 12.4. The Bertz CT molecular complexity index is 1270. The first-order chi connectivity index (χ1) is 13.5. The first-order valence-corrected chi connectivity index (χ1v) is 9.52. The van der Waals surface area contributed by atoms with Crippen LogP contribution in [0.1, 0.15) is 30.0 Å². The molecule has 0 amide bonds. The number of aromatic amines is 1. The largest absolute Gasteiger partial charge is 0.454 e. The van der Waals surface area contributed by atoms with Crippen molar-refractivity contribution in [3.05, 3.63) is 39.7 Å². The van der Waals surface area contributed by atoms with E-state index in [-0.39, 0.29) is 29.8 Å². The van der Waals surface area contributed by atoms with E-state index >= 15 is 0 Å². The van der Waals surface area contributed by atoms with E-state index in [9.17, 15) is 4.79 Å². The van der Waals surface area contributed by atoms with Crippen LogP contribution in [-0.4, -0.2) is 33.1 Å². The third-order valence-corrected chi connectivity index (χ3v) is 5.62. The highest BCUT2D eigenvalue weighted by Gasteiger charge is 2.28. The Morgan fingerprint density at radius 2 is 2.00 bits per heavy atom. The number of benzene rings is 1. The van der Waals surface area contributed by atoms with Gasteiger partial charge in [-0.1, -0.05) is 11.6 Å². The molecule has 5 rings (SSSR count). The molecule has 0 spiro atoms. The van der Waals surface area contributed by atoms with E-state index in [1.807, 2.05) is 23.7 Å². The molecule has 0 unspecified atom stereocenters. The predicted molar refractivity (Wildman–Crippen MR) is 116 cm³/mol. The van der Waals surface area contributed by atoms with Crippen LogP contribution in [0.25, 0.3) is 33.3 Å². The van der Waals surface area contributed by atoms with Crippen molar-refractivity contribution in [2.75, 3.05) is 18.8 Å². The molecule has 9 heteroatoms. The maximum Gasteiger partial charge on any atom is 0.292 e. The fraction of sp³-hybridized carbons (Fsp3) is 0.350. The molecule has 0 bridgehead atoms. The molecule has 8 nitrogen and oxygen atoms in total. The SMILES string of the molecule is Cc1ccc2oc(-c3c4c(N)n[nH]c(=O)c4nn3C3CCNCC3)c(C)c2c1.Cl. The van der Waals surface area contributed by atoms with Crippen LogP contribution in [0.15, 0.2) is 27.4 Å². The van der Waals surface area contributed by atoms with Gasteiger partial charge >= 0.3 is 0 Å². The van der Waals surface area contributed by atoms with E-state index in [1.54, 1.807) is 0 Å². The number of aromatic nitrogens is 4. The van der Waals surface area contributed by atoms with Gasteiger partial charge in [0.05, 0.1) is 11.4 Å². The van der Waals surface area contributed by atoms with Gasteiger partial charge in [0.2, 0.25) is 0 Å². The summed E-state index contributed by atoms with van der Waals surface area (Å²) in [7, 11) is 0. The molecule has 0 saturated carbocycles. The third kappa shape index (κ3) is 2.99. The fourth-order valence-corrected chi connectivity index (χ4v) is 4.15. The van der Waals surface area contributed by atoms with Gasteiger partial charge in [-0.3, -0.25) is 9.48 Å². The second-order valence-corrected chi connectivity index (χ2v) is 7.49. The second-order valence-electron chi connectivity index (χ2n) is 7.49. The minimum Gasteiger partial charge on any atom is -0.454 e. The Balaban J connectivity index is 0.00000205. The summed E-state index contributed by atoms with van der Waals surface area (Å²) in [6, 6.07) is 6.28. The molecular weight excluding hydrogens is 392 g/mol. The third-order valence-electron chi connectivity index (χ3n) is 5.62. The van der Waals surface area contributed by atoms with E-state index in [1.165, 1.54) is 0 Å². The quantitative estimate of drug-likeness (QED) is 0.464. The molecule has 1 aliphatic heterocycles. The first kappa shape index (κ1) is 19.5. The summed E-state index contributed by atoms with van der Waals surface area (Å²) in [5, 5.41) is 16.1. The number of hydrogen-bond donors (Lipinski definition) is 3. The predicted octanol–water partition coefficient (Wildman–Crippen LogP) is 3.08. The van der Waals surface area contributed by atoms with Gasteiger partial charge in [0.1, 0.15) is 11.3 Å². The Morgan fingerprint density at radius 3 is 2.76 bits per heavy atom. The van der Waals surface area contributed by atoms with Crippen LogP contribution < -0.4 is 16.6 Å². The van der Waals surface area contributed by atoms with Crippen molar-refractivity contribution in [3.63, 3.8) is 0 Å². The Kier molecular flexibility index (Phi) is 4.84. The van der Waals surface area contributed by atoms with Crippen LogP contribution in [0.5, 0.6) is 0 Å². The van der Waals surface area contributed by atoms with Crippen LogP contribution >= 0.6 is 12.4 Å². The zero-order chi connectivity index (χ0) is 19.4. The molecule has 3 aromatic heterocycles. The van der Waals surface area contributed by atoms with Crippen LogP contribution in [0.3, 0.4) is 0 Å². The smallest absolute Gasteiger partial charge is 0.292 e. The van der Waals surface area contributed by atoms with Gasteiger partial charge in [-0.15, -0.1) is 12.4 Å². The average molecular weight is 415 g/mol. The number of anilines is 1. The topological polar surface area (TPSA) is 115 Å². The van der Waals surface area contributed by atoms with Gasteiger partial charge in [-0.05, 0) is 51.9 Å². The van der Waals surface area contributed by atoms with Crippen LogP contribution in [-0.2, 0) is 0 Å². The maximum absolute atomic E-state index is 12.4. The zero-order valence-electron chi connectivity index (χ0n) is 16.3. The molecule has 4 aromatic rings. The van der Waals surface area contributed by atoms with Gasteiger partial charge in [-0.25, -0.2) is 5.10 Å². The normalized spacial score (nSPS) is 15.1. The number of H-pyrrole nitrogens is 1. The summed E-state index contributed by atoms with van der Waals surface area (Å²) in [5.74, 6) is 0.946. The highest BCUT2D eigenvalue weighted by atomic mass is 35.5. The number of piperidine rings is 1. The number of nitrogens with zero attached hydrogens (tertiary/aromatic N) is 3. The van der Waals surface area contributed by atoms with Crippen molar-refractivity contribution >= 4 is 40.1 Å². The standard InChI is InChI=1S/C20H22N6O2.ClH/c1-10-3-4-14-13(9-10)11(2)18(28-14)17-15-16(20(27)24-23-19(15)21)25-26(17)12-5-7-22-8-6-12;/h3-4,9,12,22H,5-8H2,1-2H3,(H2,21,23)(H,24,27);1H. The summed E-state index contributed by atoms with van der Waals surface area (Å²) in [6.07, 6.45) is 1.84. The molecule has 0 atom stereocenters. The summed E-state index contributed by atoms with van der Waals surface area (Å²) in [5.41, 5.74) is 9.86. The van der Waals surface area contributed by atoms with Crippen molar-refractivity contribution in [1.29, 1.82) is 0 Å². The van der Waals surface area contributed by atoms with Gasteiger partial charge in [-0.2, -0.15) is 10.2 Å². The van der Waals surface area contributed by atoms with Crippen LogP contribution in [0, 0.1) is 13.8 Å². The lowest BCUT2D eigenvalue weighted by Gasteiger charge is -2.24. The number of nitrogens with one attached hydrogen (secondary N) is 2. The van der Waals surface area contributed by atoms with Gasteiger partial charge < -0.3 is 15.5 Å². The Morgan fingerprint density at radius 1 is 1.24 bits per heavy atom. The minimum atomic E-state index is -0.345. The molecule has 1 fully saturated rings. The Hall–Kier alpha value is -2.84. The number of furan rings is 1. The molecule has 29 heavy (non-hydrogen) atoms. The molecule has 152 valence electrons. The first-order valence-electron chi connectivity index (χ1n) is 9.52. The lowest BCUT2D eigenvalue weighted by Crippen LogP contribution is -2.30. The molecular formula is C20H23ClN6O2. The summed E-state index contributed by atoms with van der Waals surface area (Å²) >= 11 is 0. The van der Waals surface area contributed by atoms with Gasteiger partial charge in [0.15, 0.2) is 17.1 Å². The summed E-state index contributed by atoms with van der Waals surface area (Å²) in [4.78, 5) is 12.4. The molecule has 4 N–H and O–H groups in total. The van der Waals surface area contributed by atoms with Gasteiger partial charge in [0.25, 0.3) is 5.56 Å². The van der Waals surface area contributed by atoms with Crippen molar-refractivity contribution in [2.24, 2.45) is 0 Å². The monoisotopic (exact) mass is 414 g/mol. The van der Waals surface area contributed by atoms with Crippen molar-refractivity contribution in [1.82, 2.24) is 25.3 Å². The van der Waals surface area contributed by atoms with Gasteiger partial charge in [0, 0.05) is 10.9 Å². The molecule has 0 aliphatic carbocycles. The van der Waals surface area contributed by atoms with Crippen molar-refractivity contribution in [3.8, 4) is 11.5 Å². The average Bonchev–Trinajstić information content (AvgIpc) is 3.25. The second kappa shape index (κ2) is 7.20. The van der Waals surface area contributed by atoms with E-state index in [4.69, 9.17) is 10.2 Å². The number of halogens is 1. The Labute approximate surface area is 172 Å². The number of rotatable bonds is 2. The number of hydrogen-bond acceptors (Lipinski definition) is 6. The van der Waals surface area contributed by atoms with E-state index in [0.29, 0.717) is 16.7 Å². The number of aryl methyl sites for hydroxylation is 2. The zero-order valence-corrected chi connectivity index (χ0v) is 17.1. The minimum absolute atomic E-state index is 0. The highest BCUT2D eigenvalue weighted by Crippen LogP contribution is 2.40. The van der Waals surface area contributed by atoms with Crippen LogP contribution in [0.4, 0.5) is 5.82 Å². The van der Waals surface area contributed by atoms with Crippen molar-refractivity contribution < 1.29 is 4.42 Å². The van der Waals surface area contributed by atoms with E-state index < -0.39 is 0 Å². The lowest BCUT2D eigenvalue weighted by atomic mass is 10.0. The van der Waals surface area contributed by atoms with E-state index in [0.717, 1.165) is 53.7 Å². The lowest BCUT2D eigenvalue weighted by molar-refractivity contribution is 0.346. The van der Waals surface area contributed by atoms with Crippen LogP contribution in [0.2, 0.25) is 0 Å². The number of fused-ring (bicyclic) bond motifs is 2. The fourth-order valence-electron chi connectivity index (χ4n) is 4.15. The van der Waals surface area contributed by atoms with Crippen molar-refractivity contribution in [2.45, 2.75) is 32.7 Å². The molecule has 1 saturated heterocycles. The summed E-state index contributed by atoms with van der Waals surface area (Å²) < 4.78 is 8.19.